The third-order valence-corrected chi connectivity index (χ3v) is 14.9. The second-order valence-corrected chi connectivity index (χ2v) is 22.8. The van der Waals surface area contributed by atoms with Gasteiger partial charge in [-0.25, -0.2) is 4.98 Å². The number of guanidine groups is 3. The highest BCUT2D eigenvalue weighted by Gasteiger charge is 2.39. The second-order valence-electron chi connectivity index (χ2n) is 22.8. The van der Waals surface area contributed by atoms with Gasteiger partial charge in [0, 0.05) is 44.5 Å². The second kappa shape index (κ2) is 46.2. The highest BCUT2D eigenvalue weighted by Crippen LogP contribution is 2.19. The number of carbonyl (C=O) groups is 13. The average Bonchev–Trinajstić information content (AvgIpc) is 1.79. The molecule has 0 radical (unpaired) electrons. The van der Waals surface area contributed by atoms with Crippen LogP contribution < -0.4 is 111 Å². The van der Waals surface area contributed by atoms with Crippen molar-refractivity contribution in [2.45, 2.75) is 183 Å². The van der Waals surface area contributed by atoms with E-state index in [1.165, 1.54) is 12.5 Å². The van der Waals surface area contributed by atoms with Gasteiger partial charge in [0.25, 0.3) is 0 Å². The van der Waals surface area contributed by atoms with Crippen molar-refractivity contribution in [3.8, 4) is 0 Å². The summed E-state index contributed by atoms with van der Waals surface area (Å²) < 4.78 is 0. The minimum absolute atomic E-state index is 0.00397. The number of nitrogens with zero attached hydrogens (tertiary/aromatic N) is 5. The van der Waals surface area contributed by atoms with Gasteiger partial charge in [0.2, 0.25) is 70.9 Å². The Labute approximate surface area is 561 Å². The van der Waals surface area contributed by atoms with E-state index in [-0.39, 0.29) is 128 Å². The number of hydrogen-bond acceptors (Lipinski definition) is 20. The fourth-order valence-corrected chi connectivity index (χ4v) is 9.92. The molecule has 0 unspecified atom stereocenters. The molecule has 1 aromatic rings. The van der Waals surface area contributed by atoms with Crippen LogP contribution in [0.15, 0.2) is 27.5 Å². The molecular formula is C57H102N26O14. The Kier molecular flexibility index (Phi) is 39.6. The number of aliphatic imine (C=N–C) groups is 3. The molecule has 0 spiro atoms. The largest absolute Gasteiger partial charge is 0.480 e. The fourth-order valence-electron chi connectivity index (χ4n) is 9.92. The van der Waals surface area contributed by atoms with Gasteiger partial charge < -0.3 is 125 Å². The quantitative estimate of drug-likeness (QED) is 0.0164. The van der Waals surface area contributed by atoms with E-state index in [1.54, 1.807) is 0 Å². The first kappa shape index (κ1) is 83.1. The molecule has 2 rings (SSSR count). The van der Waals surface area contributed by atoms with E-state index in [0.717, 1.165) is 4.90 Å². The number of likely N-dealkylation sites (tertiary alicyclic amines) is 1. The first-order valence-corrected chi connectivity index (χ1v) is 32.1. The van der Waals surface area contributed by atoms with Gasteiger partial charge in [0.15, 0.2) is 17.9 Å². The standard InChI is InChI=1S/C57H102N26O14/c1-2-3-12-35(77-50(93)38(17-10-23-71-57(66)67)80-51(94)37(16-9-22-70-56(64)65)79-48(91)34(75-43(85)27-60)15-8-21-69-55(62)63)49(92)78-36(14-5-7-20-59)52(95)81-39(25-32-28-68-31-74-32)47(90)72-29-44(86)83-24-11-18-41(83)54(97)82-40(26-42(61)84)53(96)76-33(13-4-6-19-58)46(89)73-30-45(87)88/h28,31,33-41H,2-27,29-30,58-60H2,1H3,(H2,61,84)(H,68,74)(H,72,90)(H,73,89)(H,75,85)(H,76,96)(H,77,93)(H,78,92)(H,79,91)(H,80,94)(H,81,95)(H,82,97)(H,87,88)(H4,62,63,69)(H4,64,65,70)(H4,66,67,71)/t33-,34-,35-,36+,37-,38-,39-,40-,41-/m0/s1. The number of carbonyl (C=O) groups excluding carboxylic acids is 12. The molecule has 97 heavy (non-hydrogen) atoms. The van der Waals surface area contributed by atoms with E-state index in [2.05, 4.69) is 78.1 Å². The van der Waals surface area contributed by atoms with E-state index >= 15 is 0 Å². The van der Waals surface area contributed by atoms with Crippen molar-refractivity contribution in [2.75, 3.05) is 58.9 Å². The van der Waals surface area contributed by atoms with Crippen LogP contribution in [0.5, 0.6) is 0 Å². The summed E-state index contributed by atoms with van der Waals surface area (Å²) in [6.45, 7) is 0.507. The Bertz CT molecular complexity index is 2830. The lowest BCUT2D eigenvalue weighted by Crippen LogP contribution is -2.60. The van der Waals surface area contributed by atoms with E-state index in [4.69, 9.17) is 62.4 Å². The van der Waals surface area contributed by atoms with Gasteiger partial charge in [-0.05, 0) is 109 Å². The number of carboxylic acid groups (broad SMARTS) is 1. The number of nitrogens with two attached hydrogens (primary N) is 10. The summed E-state index contributed by atoms with van der Waals surface area (Å²) >= 11 is 0. The monoisotopic (exact) mass is 1370 g/mol. The lowest BCUT2D eigenvalue weighted by molar-refractivity contribution is -0.140. The summed E-state index contributed by atoms with van der Waals surface area (Å²) in [5.41, 5.74) is 55.8. The summed E-state index contributed by atoms with van der Waals surface area (Å²) in [7, 11) is 0. The third kappa shape index (κ3) is 33.8. The van der Waals surface area contributed by atoms with Crippen LogP contribution in [-0.4, -0.2) is 228 Å². The van der Waals surface area contributed by atoms with Gasteiger partial charge in [0.1, 0.15) is 60.9 Å². The van der Waals surface area contributed by atoms with Crippen molar-refractivity contribution >= 4 is 94.7 Å². The maximum Gasteiger partial charge on any atom is 0.322 e. The molecule has 0 bridgehead atoms. The molecule has 0 aliphatic carbocycles. The number of aromatic amines is 1. The van der Waals surface area contributed by atoms with Crippen LogP contribution in [0.25, 0.3) is 0 Å². The zero-order valence-electron chi connectivity index (χ0n) is 54.9. The molecule has 2 heterocycles. The molecule has 0 aromatic carbocycles. The fraction of sp³-hybridized carbons (Fsp3) is 0.667. The van der Waals surface area contributed by atoms with Crippen molar-refractivity contribution in [2.24, 2.45) is 72.3 Å². The van der Waals surface area contributed by atoms with Crippen LogP contribution in [0.4, 0.5) is 0 Å². The number of carboxylic acids is 1. The lowest BCUT2D eigenvalue weighted by atomic mass is 10.0. The SMILES string of the molecule is CCCC[C@H](NC(=O)[C@H](CCCN=C(N)N)NC(=O)[C@H](CCCN=C(N)N)NC(=O)[C@H](CCCN=C(N)N)NC(=O)CN)C(=O)N[C@H](CCCCN)C(=O)N[C@@H](Cc1cnc[nH]1)C(=O)NCC(=O)N1CCC[C@H]1C(=O)N[C@@H](CC(N)=O)C(=O)N[C@@H](CCCCN)C(=O)NCC(=O)O. The zero-order valence-corrected chi connectivity index (χ0v) is 54.9. The van der Waals surface area contributed by atoms with Gasteiger partial charge in [-0.1, -0.05) is 19.8 Å². The van der Waals surface area contributed by atoms with Crippen molar-refractivity contribution < 1.29 is 67.4 Å². The maximum absolute atomic E-state index is 14.5. The molecule has 40 nitrogen and oxygen atoms in total. The van der Waals surface area contributed by atoms with Gasteiger partial charge in [-0.3, -0.25) is 77.3 Å². The van der Waals surface area contributed by atoms with Crippen molar-refractivity contribution in [1.29, 1.82) is 0 Å². The highest BCUT2D eigenvalue weighted by molar-refractivity contribution is 5.99. The normalized spacial score (nSPS) is 14.9. The molecule has 1 fully saturated rings. The average molecular weight is 1380 g/mol. The van der Waals surface area contributed by atoms with Crippen LogP contribution in [0, 0.1) is 0 Å². The number of rotatable bonds is 49. The van der Waals surface area contributed by atoms with E-state index in [9.17, 15) is 62.3 Å². The minimum atomic E-state index is -1.64. The number of primary amides is 1. The van der Waals surface area contributed by atoms with Crippen molar-refractivity contribution in [3.05, 3.63) is 18.2 Å². The Morgan fingerprint density at radius 2 is 0.928 bits per heavy atom. The van der Waals surface area contributed by atoms with Crippen LogP contribution in [0.3, 0.4) is 0 Å². The van der Waals surface area contributed by atoms with Crippen molar-refractivity contribution in [1.82, 2.24) is 68.0 Å². The van der Waals surface area contributed by atoms with E-state index in [0.29, 0.717) is 50.6 Å². The Morgan fingerprint density at radius 1 is 0.526 bits per heavy atom. The van der Waals surface area contributed by atoms with Gasteiger partial charge in [0.05, 0.1) is 25.8 Å². The van der Waals surface area contributed by atoms with Gasteiger partial charge >= 0.3 is 5.97 Å². The molecule has 32 N–H and O–H groups in total. The molecule has 1 aromatic heterocycles. The molecule has 544 valence electrons. The number of amides is 12. The third-order valence-electron chi connectivity index (χ3n) is 14.9. The molecule has 1 aliphatic rings. The van der Waals surface area contributed by atoms with Crippen molar-refractivity contribution in [3.63, 3.8) is 0 Å². The molecule has 0 saturated carbocycles. The number of hydrogen-bond donors (Lipinski definition) is 22. The number of nitrogens with one attached hydrogen (secondary N) is 11. The van der Waals surface area contributed by atoms with E-state index < -0.39 is 157 Å². The number of imidazole rings is 1. The van der Waals surface area contributed by atoms with Gasteiger partial charge in [-0.15, -0.1) is 0 Å². The number of H-pyrrole nitrogens is 1. The predicted molar refractivity (Wildman–Crippen MR) is 354 cm³/mol. The lowest BCUT2D eigenvalue weighted by Gasteiger charge is -2.28. The van der Waals surface area contributed by atoms with Gasteiger partial charge in [-0.2, -0.15) is 0 Å². The summed E-state index contributed by atoms with van der Waals surface area (Å²) in [6.07, 6.45) is 4.84. The molecule has 1 saturated heterocycles. The van der Waals surface area contributed by atoms with Crippen LogP contribution in [0.2, 0.25) is 0 Å². The Hall–Kier alpha value is -9.99. The zero-order chi connectivity index (χ0) is 72.4. The minimum Gasteiger partial charge on any atom is -0.480 e. The molecule has 1 aliphatic heterocycles. The number of aromatic nitrogens is 2. The Morgan fingerprint density at radius 3 is 1.33 bits per heavy atom. The summed E-state index contributed by atoms with van der Waals surface area (Å²) in [5, 5.41) is 34.6. The number of unbranched alkanes of at least 4 members (excludes halogenated alkanes) is 3. The first-order chi connectivity index (χ1) is 46.1. The van der Waals surface area contributed by atoms with Crippen LogP contribution >= 0.6 is 0 Å². The summed E-state index contributed by atoms with van der Waals surface area (Å²) in [5.74, 6) is -12.3. The predicted octanol–water partition coefficient (Wildman–Crippen LogP) is -9.42. The number of aliphatic carboxylic acids is 1. The smallest absolute Gasteiger partial charge is 0.322 e. The Balaban J connectivity index is 2.45. The summed E-state index contributed by atoms with van der Waals surface area (Å²) in [6, 6.07) is -12.3. The maximum atomic E-state index is 14.5. The van der Waals surface area contributed by atoms with Crippen LogP contribution in [-0.2, 0) is 68.7 Å². The molecular weight excluding hydrogens is 1270 g/mol. The summed E-state index contributed by atoms with van der Waals surface area (Å²) in [4.78, 5) is 196. The first-order valence-electron chi connectivity index (χ1n) is 32.1. The molecule has 12 amide bonds. The van der Waals surface area contributed by atoms with E-state index in [1.807, 2.05) is 6.92 Å². The topological polar surface area (TPSA) is 692 Å². The van der Waals surface area contributed by atoms with Crippen LogP contribution in [0.1, 0.15) is 128 Å². The molecule has 9 atom stereocenters. The highest BCUT2D eigenvalue weighted by atomic mass is 16.4. The molecule has 40 heteroatoms.